The van der Waals surface area contributed by atoms with Crippen molar-refractivity contribution in [3.05, 3.63) is 35.9 Å². The van der Waals surface area contributed by atoms with Crippen molar-refractivity contribution in [1.29, 1.82) is 0 Å². The van der Waals surface area contributed by atoms with E-state index in [1.807, 2.05) is 0 Å². The molecule has 0 atom stereocenters. The second-order valence-electron chi connectivity index (χ2n) is 7.56. The molecule has 4 nitrogen and oxygen atoms in total. The molecule has 5 heteroatoms. The van der Waals surface area contributed by atoms with Gasteiger partial charge in [0, 0.05) is 31.2 Å². The molecule has 0 aliphatic rings. The van der Waals surface area contributed by atoms with Crippen molar-refractivity contribution in [2.24, 2.45) is 0 Å². The highest BCUT2D eigenvalue weighted by molar-refractivity contribution is 7.09. The fourth-order valence-corrected chi connectivity index (χ4v) is 3.94. The molecule has 0 bridgehead atoms. The largest absolute Gasteiger partial charge is 0.353 e. The molecule has 0 saturated heterocycles. The fourth-order valence-electron chi connectivity index (χ4n) is 3.27. The van der Waals surface area contributed by atoms with E-state index in [1.54, 1.807) is 0 Å². The van der Waals surface area contributed by atoms with Gasteiger partial charge in [-0.05, 0) is 18.4 Å². The molecule has 2 rings (SSSR count). The number of anilines is 2. The molecule has 0 aliphatic carbocycles. The average Bonchev–Trinajstić information content (AvgIpc) is 3.19. The second-order valence-corrected chi connectivity index (χ2v) is 8.29. The lowest BCUT2D eigenvalue weighted by Crippen LogP contribution is -2.23. The van der Waals surface area contributed by atoms with Crippen LogP contribution in [0, 0.1) is 0 Å². The fraction of sp³-hybridized carbons (Fsp3) is 0.652. The number of aromatic nitrogens is 2. The molecule has 0 spiro atoms. The van der Waals surface area contributed by atoms with Gasteiger partial charge in [-0.2, -0.15) is 9.36 Å². The third-order valence-electron chi connectivity index (χ3n) is 5.00. The maximum absolute atomic E-state index is 4.75. The van der Waals surface area contributed by atoms with Crippen LogP contribution in [0.1, 0.15) is 83.6 Å². The number of unbranched alkanes of at least 4 members (excludes halogenated alkanes) is 8. The van der Waals surface area contributed by atoms with Crippen molar-refractivity contribution < 1.29 is 0 Å². The minimum Gasteiger partial charge on any atom is -0.353 e. The summed E-state index contributed by atoms with van der Waals surface area (Å²) in [6, 6.07) is 10.6. The van der Waals surface area contributed by atoms with Gasteiger partial charge in [0.15, 0.2) is 0 Å². The van der Waals surface area contributed by atoms with Gasteiger partial charge in [-0.15, -0.1) is 0 Å². The second kappa shape index (κ2) is 14.4. The molecule has 0 aliphatic heterocycles. The van der Waals surface area contributed by atoms with Crippen LogP contribution in [-0.4, -0.2) is 22.4 Å². The van der Waals surface area contributed by atoms with Crippen molar-refractivity contribution in [2.75, 3.05) is 23.3 Å². The predicted molar refractivity (Wildman–Crippen MR) is 123 cm³/mol. The van der Waals surface area contributed by atoms with Crippen molar-refractivity contribution in [1.82, 2.24) is 9.36 Å². The summed E-state index contributed by atoms with van der Waals surface area (Å²) in [6.07, 6.45) is 13.1. The van der Waals surface area contributed by atoms with Gasteiger partial charge in [0.2, 0.25) is 11.1 Å². The van der Waals surface area contributed by atoms with Crippen LogP contribution < -0.4 is 10.2 Å². The smallest absolute Gasteiger partial charge is 0.236 e. The van der Waals surface area contributed by atoms with E-state index in [2.05, 4.69) is 58.8 Å². The Labute approximate surface area is 175 Å². The van der Waals surface area contributed by atoms with Crippen LogP contribution in [0.2, 0.25) is 0 Å². The number of rotatable bonds is 16. The zero-order valence-corrected chi connectivity index (χ0v) is 18.6. The highest BCUT2D eigenvalue weighted by Crippen LogP contribution is 2.22. The van der Waals surface area contributed by atoms with E-state index in [0.717, 1.165) is 30.7 Å². The standard InChI is InChI=1S/C23H38N4S/c1-3-5-7-8-9-10-11-15-18-24-22-25-23(28-26-22)27(19-6-4-2)20-21-16-13-12-14-17-21/h12-14,16-17H,3-11,15,18-20H2,1-2H3,(H,24,26). The molecule has 1 N–H and O–H groups in total. The first kappa shape index (κ1) is 22.7. The molecule has 1 aromatic heterocycles. The van der Waals surface area contributed by atoms with Crippen LogP contribution in [0.3, 0.4) is 0 Å². The van der Waals surface area contributed by atoms with Crippen LogP contribution in [-0.2, 0) is 6.54 Å². The molecule has 28 heavy (non-hydrogen) atoms. The topological polar surface area (TPSA) is 41.1 Å². The molecule has 1 aromatic carbocycles. The summed E-state index contributed by atoms with van der Waals surface area (Å²) in [5.74, 6) is 0.789. The van der Waals surface area contributed by atoms with Crippen LogP contribution in [0.15, 0.2) is 30.3 Å². The normalized spacial score (nSPS) is 10.9. The summed E-state index contributed by atoms with van der Waals surface area (Å²) in [6.45, 7) is 7.40. The number of hydrogen-bond acceptors (Lipinski definition) is 5. The highest BCUT2D eigenvalue weighted by Gasteiger charge is 2.12. The maximum Gasteiger partial charge on any atom is 0.236 e. The van der Waals surface area contributed by atoms with Gasteiger partial charge in [-0.25, -0.2) is 0 Å². The summed E-state index contributed by atoms with van der Waals surface area (Å²) in [5.41, 5.74) is 1.32. The van der Waals surface area contributed by atoms with Crippen molar-refractivity contribution in [3.8, 4) is 0 Å². The average molecular weight is 403 g/mol. The van der Waals surface area contributed by atoms with Gasteiger partial charge in [0.1, 0.15) is 0 Å². The predicted octanol–water partition coefficient (Wildman–Crippen LogP) is 6.90. The zero-order chi connectivity index (χ0) is 19.9. The molecule has 0 unspecified atom stereocenters. The Hall–Kier alpha value is -1.62. The van der Waals surface area contributed by atoms with Gasteiger partial charge in [0.25, 0.3) is 0 Å². The summed E-state index contributed by atoms with van der Waals surface area (Å²) >= 11 is 1.51. The van der Waals surface area contributed by atoms with Crippen LogP contribution in [0.4, 0.5) is 11.1 Å². The minimum absolute atomic E-state index is 0.789. The Morgan fingerprint density at radius 3 is 2.25 bits per heavy atom. The molecule has 1 heterocycles. The number of benzene rings is 1. The number of nitrogens with zero attached hydrogens (tertiary/aromatic N) is 3. The van der Waals surface area contributed by atoms with Gasteiger partial charge in [-0.3, -0.25) is 0 Å². The van der Waals surface area contributed by atoms with E-state index in [-0.39, 0.29) is 0 Å². The first-order chi connectivity index (χ1) is 13.8. The Morgan fingerprint density at radius 2 is 1.54 bits per heavy atom. The summed E-state index contributed by atoms with van der Waals surface area (Å²) < 4.78 is 4.53. The van der Waals surface area contributed by atoms with Crippen LogP contribution >= 0.6 is 11.5 Å². The maximum atomic E-state index is 4.75. The number of hydrogen-bond donors (Lipinski definition) is 1. The quantitative estimate of drug-likeness (QED) is 0.310. The third kappa shape index (κ3) is 9.05. The minimum atomic E-state index is 0.789. The Balaban J connectivity index is 1.72. The van der Waals surface area contributed by atoms with Gasteiger partial charge >= 0.3 is 0 Å². The number of nitrogens with one attached hydrogen (secondary N) is 1. The van der Waals surface area contributed by atoms with Gasteiger partial charge < -0.3 is 10.2 Å². The molecule has 156 valence electrons. The zero-order valence-electron chi connectivity index (χ0n) is 17.8. The van der Waals surface area contributed by atoms with Gasteiger partial charge in [-0.1, -0.05) is 95.5 Å². The van der Waals surface area contributed by atoms with Crippen molar-refractivity contribution in [3.63, 3.8) is 0 Å². The first-order valence-corrected chi connectivity index (χ1v) is 12.0. The molecular formula is C23H38N4S. The van der Waals surface area contributed by atoms with Gasteiger partial charge in [0.05, 0.1) is 0 Å². The first-order valence-electron chi connectivity index (χ1n) is 11.2. The summed E-state index contributed by atoms with van der Waals surface area (Å²) in [7, 11) is 0. The van der Waals surface area contributed by atoms with E-state index >= 15 is 0 Å². The van der Waals surface area contributed by atoms with E-state index in [1.165, 1.54) is 81.3 Å². The summed E-state index contributed by atoms with van der Waals surface area (Å²) in [5, 5.41) is 4.44. The molecule has 0 radical (unpaired) electrons. The summed E-state index contributed by atoms with van der Waals surface area (Å²) in [4.78, 5) is 7.11. The van der Waals surface area contributed by atoms with Crippen LogP contribution in [0.5, 0.6) is 0 Å². The SMILES string of the molecule is CCCCCCCCCCNc1nsc(N(CCCC)Cc2ccccc2)n1. The Bertz CT molecular complexity index is 614. The third-order valence-corrected chi connectivity index (χ3v) is 5.77. The Kier molecular flexibility index (Phi) is 11.6. The lowest BCUT2D eigenvalue weighted by molar-refractivity contribution is 0.581. The van der Waals surface area contributed by atoms with Crippen molar-refractivity contribution >= 4 is 22.6 Å². The molecule has 0 fully saturated rings. The lowest BCUT2D eigenvalue weighted by atomic mass is 10.1. The molecule has 0 amide bonds. The highest BCUT2D eigenvalue weighted by atomic mass is 32.1. The van der Waals surface area contributed by atoms with Crippen molar-refractivity contribution in [2.45, 2.75) is 84.6 Å². The lowest BCUT2D eigenvalue weighted by Gasteiger charge is -2.21. The van der Waals surface area contributed by atoms with E-state index in [9.17, 15) is 0 Å². The van der Waals surface area contributed by atoms with E-state index in [0.29, 0.717) is 0 Å². The van der Waals surface area contributed by atoms with E-state index < -0.39 is 0 Å². The van der Waals surface area contributed by atoms with Crippen LogP contribution in [0.25, 0.3) is 0 Å². The van der Waals surface area contributed by atoms with E-state index in [4.69, 9.17) is 4.98 Å². The molecule has 2 aromatic rings. The Morgan fingerprint density at radius 1 is 0.857 bits per heavy atom. The molecular weight excluding hydrogens is 364 g/mol. The monoisotopic (exact) mass is 402 g/mol. The molecule has 0 saturated carbocycles.